The molecule has 0 aliphatic carbocycles. The fourth-order valence-corrected chi connectivity index (χ4v) is 3.06. The molecule has 0 aliphatic heterocycles. The number of aromatic nitrogens is 2. The Hall–Kier alpha value is -2.22. The molecule has 7 nitrogen and oxygen atoms in total. The molecule has 0 spiro atoms. The van der Waals surface area contributed by atoms with Crippen molar-refractivity contribution in [3.8, 4) is 0 Å². The van der Waals surface area contributed by atoms with Crippen molar-refractivity contribution in [2.24, 2.45) is 0 Å². The Balaban J connectivity index is 2.06. The monoisotopic (exact) mass is 308 g/mol. The number of nitrogens with zero attached hydrogens (tertiary/aromatic N) is 2. The van der Waals surface area contributed by atoms with Gasteiger partial charge in [-0.05, 0) is 32.9 Å². The molecule has 0 radical (unpaired) electrons. The van der Waals surface area contributed by atoms with Crippen molar-refractivity contribution < 1.29 is 9.72 Å². The van der Waals surface area contributed by atoms with Crippen LogP contribution in [0, 0.1) is 24.0 Å². The maximum absolute atomic E-state index is 12.1. The molecule has 0 saturated heterocycles. The van der Waals surface area contributed by atoms with Crippen LogP contribution in [0.1, 0.15) is 32.9 Å². The van der Waals surface area contributed by atoms with Crippen LogP contribution in [0.2, 0.25) is 0 Å². The van der Waals surface area contributed by atoms with Gasteiger partial charge in [0.1, 0.15) is 5.69 Å². The molecule has 0 saturated carbocycles. The molecule has 0 aromatic carbocycles. The number of H-pyrrole nitrogens is 1. The summed E-state index contributed by atoms with van der Waals surface area (Å²) in [6.45, 7) is 5.39. The SMILES string of the molecule is Cc1ccc(C[C@@H](C)NC(=O)c2n[nH]c(C)c2[N+](=O)[O-])s1. The summed E-state index contributed by atoms with van der Waals surface area (Å²) in [7, 11) is 0. The van der Waals surface area contributed by atoms with Crippen molar-refractivity contribution >= 4 is 22.9 Å². The maximum atomic E-state index is 12.1. The smallest absolute Gasteiger partial charge is 0.322 e. The summed E-state index contributed by atoms with van der Waals surface area (Å²) in [5, 5.41) is 19.9. The van der Waals surface area contributed by atoms with Gasteiger partial charge < -0.3 is 5.32 Å². The topological polar surface area (TPSA) is 101 Å². The van der Waals surface area contributed by atoms with Crippen molar-refractivity contribution in [3.63, 3.8) is 0 Å². The summed E-state index contributed by atoms with van der Waals surface area (Å²) in [5.41, 5.74) is -0.176. The van der Waals surface area contributed by atoms with E-state index in [0.717, 1.165) is 4.88 Å². The molecular formula is C13H16N4O3S. The molecule has 0 bridgehead atoms. The van der Waals surface area contributed by atoms with E-state index in [1.807, 2.05) is 26.0 Å². The highest BCUT2D eigenvalue weighted by molar-refractivity contribution is 7.11. The molecule has 8 heteroatoms. The van der Waals surface area contributed by atoms with Crippen LogP contribution in [0.3, 0.4) is 0 Å². The summed E-state index contributed by atoms with van der Waals surface area (Å²) < 4.78 is 0. The minimum atomic E-state index is -0.596. The number of carbonyl (C=O) groups is 1. The van der Waals surface area contributed by atoms with Crippen LogP contribution in [0.4, 0.5) is 5.69 Å². The first-order chi connectivity index (χ1) is 9.88. The van der Waals surface area contributed by atoms with Gasteiger partial charge in [0.25, 0.3) is 5.91 Å². The highest BCUT2D eigenvalue weighted by Gasteiger charge is 2.27. The molecule has 1 amide bonds. The van der Waals surface area contributed by atoms with E-state index in [0.29, 0.717) is 6.42 Å². The largest absolute Gasteiger partial charge is 0.348 e. The average molecular weight is 308 g/mol. The number of hydrogen-bond acceptors (Lipinski definition) is 5. The van der Waals surface area contributed by atoms with Gasteiger partial charge in [0, 0.05) is 22.2 Å². The Morgan fingerprint density at radius 1 is 1.52 bits per heavy atom. The number of nitro groups is 1. The summed E-state index contributed by atoms with van der Waals surface area (Å²) in [6, 6.07) is 3.91. The second-order valence-electron chi connectivity index (χ2n) is 4.89. The van der Waals surface area contributed by atoms with Crippen molar-refractivity contribution in [2.75, 3.05) is 0 Å². The predicted octanol–water partition coefficient (Wildman–Crippen LogP) is 2.36. The van der Waals surface area contributed by atoms with Crippen molar-refractivity contribution in [3.05, 3.63) is 43.4 Å². The second kappa shape index (κ2) is 6.04. The number of aromatic amines is 1. The van der Waals surface area contributed by atoms with Crippen LogP contribution < -0.4 is 5.32 Å². The molecule has 2 N–H and O–H groups in total. The van der Waals surface area contributed by atoms with E-state index in [1.54, 1.807) is 11.3 Å². The van der Waals surface area contributed by atoms with Gasteiger partial charge in [-0.3, -0.25) is 20.0 Å². The van der Waals surface area contributed by atoms with Crippen LogP contribution in [0.25, 0.3) is 0 Å². The molecule has 0 aliphatic rings. The summed E-state index contributed by atoms with van der Waals surface area (Å²) in [5.74, 6) is -0.535. The van der Waals surface area contributed by atoms with Crippen LogP contribution in [0.5, 0.6) is 0 Å². The van der Waals surface area contributed by atoms with Crippen molar-refractivity contribution in [2.45, 2.75) is 33.2 Å². The van der Waals surface area contributed by atoms with E-state index in [1.165, 1.54) is 11.8 Å². The van der Waals surface area contributed by atoms with E-state index in [-0.39, 0.29) is 23.1 Å². The highest BCUT2D eigenvalue weighted by atomic mass is 32.1. The normalized spacial score (nSPS) is 12.1. The standard InChI is InChI=1S/C13H16N4O3S/c1-7(6-10-5-4-8(2)21-10)14-13(18)11-12(17(19)20)9(3)15-16-11/h4-5,7H,6H2,1-3H3,(H,14,18)(H,15,16)/t7-/m1/s1. The zero-order chi connectivity index (χ0) is 15.6. The fraction of sp³-hybridized carbons (Fsp3) is 0.385. The fourth-order valence-electron chi connectivity index (χ4n) is 2.04. The third kappa shape index (κ3) is 3.46. The van der Waals surface area contributed by atoms with E-state index >= 15 is 0 Å². The Morgan fingerprint density at radius 2 is 2.24 bits per heavy atom. The average Bonchev–Trinajstić information content (AvgIpc) is 2.95. The lowest BCUT2D eigenvalue weighted by molar-refractivity contribution is -0.385. The van der Waals surface area contributed by atoms with Crippen LogP contribution in [0.15, 0.2) is 12.1 Å². The lowest BCUT2D eigenvalue weighted by atomic mass is 10.2. The van der Waals surface area contributed by atoms with Gasteiger partial charge in [-0.15, -0.1) is 11.3 Å². The van der Waals surface area contributed by atoms with Crippen LogP contribution >= 0.6 is 11.3 Å². The first-order valence-electron chi connectivity index (χ1n) is 6.44. The van der Waals surface area contributed by atoms with E-state index in [9.17, 15) is 14.9 Å². The number of rotatable bonds is 5. The molecule has 2 heterocycles. The van der Waals surface area contributed by atoms with Crippen LogP contribution in [-0.2, 0) is 6.42 Å². The quantitative estimate of drug-likeness (QED) is 0.654. The molecule has 2 aromatic rings. The molecule has 0 fully saturated rings. The second-order valence-corrected chi connectivity index (χ2v) is 6.27. The van der Waals surface area contributed by atoms with Crippen molar-refractivity contribution in [1.29, 1.82) is 0 Å². The first kappa shape index (κ1) is 15.2. The first-order valence-corrected chi connectivity index (χ1v) is 7.25. The Kier molecular flexibility index (Phi) is 4.37. The van der Waals surface area contributed by atoms with Gasteiger partial charge in [0.05, 0.1) is 4.92 Å². The minimum absolute atomic E-state index is 0.132. The van der Waals surface area contributed by atoms with Gasteiger partial charge in [0.2, 0.25) is 5.69 Å². The van der Waals surface area contributed by atoms with E-state index < -0.39 is 10.8 Å². The highest BCUT2D eigenvalue weighted by Crippen LogP contribution is 2.20. The van der Waals surface area contributed by atoms with Gasteiger partial charge in [-0.2, -0.15) is 5.10 Å². The Bertz CT molecular complexity index is 677. The third-order valence-electron chi connectivity index (χ3n) is 2.99. The number of amides is 1. The molecule has 21 heavy (non-hydrogen) atoms. The van der Waals surface area contributed by atoms with Gasteiger partial charge >= 0.3 is 5.69 Å². The summed E-state index contributed by atoms with van der Waals surface area (Å²) in [6.07, 6.45) is 0.682. The predicted molar refractivity (Wildman–Crippen MR) is 79.7 cm³/mol. The summed E-state index contributed by atoms with van der Waals surface area (Å²) >= 11 is 1.67. The van der Waals surface area contributed by atoms with Crippen molar-refractivity contribution in [1.82, 2.24) is 15.5 Å². The molecule has 1 atom stereocenters. The zero-order valence-electron chi connectivity index (χ0n) is 12.0. The lowest BCUT2D eigenvalue weighted by Crippen LogP contribution is -2.34. The minimum Gasteiger partial charge on any atom is -0.348 e. The number of thiophene rings is 1. The third-order valence-corrected chi connectivity index (χ3v) is 4.02. The Morgan fingerprint density at radius 3 is 2.81 bits per heavy atom. The van der Waals surface area contributed by atoms with Gasteiger partial charge in [-0.25, -0.2) is 0 Å². The molecule has 2 aromatic heterocycles. The molecule has 2 rings (SSSR count). The Labute approximate surface area is 125 Å². The number of aryl methyl sites for hydroxylation is 2. The molecule has 0 unspecified atom stereocenters. The zero-order valence-corrected chi connectivity index (χ0v) is 12.8. The molecular weight excluding hydrogens is 292 g/mol. The number of carbonyl (C=O) groups excluding carboxylic acids is 1. The maximum Gasteiger partial charge on any atom is 0.322 e. The van der Waals surface area contributed by atoms with E-state index in [4.69, 9.17) is 0 Å². The van der Waals surface area contributed by atoms with E-state index in [2.05, 4.69) is 15.5 Å². The lowest BCUT2D eigenvalue weighted by Gasteiger charge is -2.11. The number of nitrogens with one attached hydrogen (secondary N) is 2. The van der Waals surface area contributed by atoms with Gasteiger partial charge in [0.15, 0.2) is 0 Å². The molecule has 112 valence electrons. The van der Waals surface area contributed by atoms with Crippen LogP contribution in [-0.4, -0.2) is 27.1 Å². The number of hydrogen-bond donors (Lipinski definition) is 2. The summed E-state index contributed by atoms with van der Waals surface area (Å²) in [4.78, 5) is 24.8. The van der Waals surface area contributed by atoms with Gasteiger partial charge in [-0.1, -0.05) is 0 Å².